The predicted octanol–water partition coefficient (Wildman–Crippen LogP) is 7.53. The molecule has 2 aromatic carbocycles. The van der Waals surface area contributed by atoms with Crippen LogP contribution in [0, 0.1) is 0 Å². The van der Waals surface area contributed by atoms with Gasteiger partial charge in [0.15, 0.2) is 0 Å². The van der Waals surface area contributed by atoms with E-state index in [0.29, 0.717) is 6.54 Å². The molecule has 0 radical (unpaired) electrons. The fraction of sp³-hybridized carbons (Fsp3) is 0.500. The largest absolute Gasteiger partial charge is 0.469 e. The summed E-state index contributed by atoms with van der Waals surface area (Å²) in [6, 6.07) is 10.6. The number of ether oxygens (including phenoxy) is 1. The number of halogens is 6. The van der Waals surface area contributed by atoms with E-state index in [4.69, 9.17) is 0 Å². The molecule has 0 aliphatic carbocycles. The van der Waals surface area contributed by atoms with Gasteiger partial charge in [-0.2, -0.15) is 26.3 Å². The van der Waals surface area contributed by atoms with Crippen molar-refractivity contribution >= 4 is 5.97 Å². The van der Waals surface area contributed by atoms with Gasteiger partial charge in [-0.15, -0.1) is 0 Å². The Labute approximate surface area is 203 Å². The van der Waals surface area contributed by atoms with Crippen molar-refractivity contribution in [2.24, 2.45) is 0 Å². The first kappa shape index (κ1) is 30.5. The molecule has 0 N–H and O–H groups in total. The summed E-state index contributed by atoms with van der Waals surface area (Å²) in [4.78, 5) is 11.9. The van der Waals surface area contributed by atoms with Gasteiger partial charge in [-0.3, -0.25) is 9.69 Å². The van der Waals surface area contributed by atoms with E-state index < -0.39 is 23.5 Å². The van der Waals surface area contributed by atoms with Gasteiger partial charge >= 0.3 is 18.3 Å². The molecule has 0 amide bonds. The summed E-state index contributed by atoms with van der Waals surface area (Å²) in [7, 11) is 1.35. The third-order valence-electron chi connectivity index (χ3n) is 5.28. The summed E-state index contributed by atoms with van der Waals surface area (Å²) in [6.07, 6.45) is -3.10. The minimum absolute atomic E-state index is 0.245. The monoisotopic (exact) mass is 505 g/mol. The van der Waals surface area contributed by atoms with Crippen LogP contribution in [0.3, 0.4) is 0 Å². The highest BCUT2D eigenvalue weighted by atomic mass is 19.4. The summed E-state index contributed by atoms with van der Waals surface area (Å²) in [6.45, 7) is 6.07. The molecule has 9 heteroatoms. The van der Waals surface area contributed by atoms with Crippen LogP contribution in [-0.4, -0.2) is 31.1 Å². The lowest BCUT2D eigenvalue weighted by Crippen LogP contribution is -2.29. The van der Waals surface area contributed by atoms with Gasteiger partial charge in [0.1, 0.15) is 0 Å². The molecule has 0 aromatic heterocycles. The van der Waals surface area contributed by atoms with Crippen LogP contribution in [0.15, 0.2) is 48.5 Å². The van der Waals surface area contributed by atoms with Crippen molar-refractivity contribution in [3.8, 4) is 0 Å². The zero-order valence-electron chi connectivity index (χ0n) is 20.3. The second-order valence-electron chi connectivity index (χ2n) is 8.13. The molecule has 0 spiro atoms. The molecule has 1 aliphatic rings. The lowest BCUT2D eigenvalue weighted by atomic mass is 9.99. The van der Waals surface area contributed by atoms with E-state index in [9.17, 15) is 31.1 Å². The molecule has 3 rings (SSSR count). The normalized spacial score (nSPS) is 14.2. The average molecular weight is 506 g/mol. The number of likely N-dealkylation sites (tertiary alicyclic amines) is 1. The smallest absolute Gasteiger partial charge is 0.416 e. The van der Waals surface area contributed by atoms with Gasteiger partial charge in [0.05, 0.1) is 18.2 Å². The Hall–Kier alpha value is -2.55. The molecule has 0 atom stereocenters. The lowest BCUT2D eigenvalue weighted by molar-refractivity contribution is -0.138. The Morgan fingerprint density at radius 2 is 1.40 bits per heavy atom. The average Bonchev–Trinajstić information content (AvgIpc) is 2.81. The second kappa shape index (κ2) is 14.8. The van der Waals surface area contributed by atoms with Crippen LogP contribution < -0.4 is 0 Å². The van der Waals surface area contributed by atoms with Gasteiger partial charge in [-0.05, 0) is 55.6 Å². The highest BCUT2D eigenvalue weighted by molar-refractivity contribution is 5.65. The molecule has 1 heterocycles. The van der Waals surface area contributed by atoms with Crippen LogP contribution in [0.5, 0.6) is 0 Å². The molecule has 196 valence electrons. The first-order valence-electron chi connectivity index (χ1n) is 11.5. The van der Waals surface area contributed by atoms with E-state index in [2.05, 4.69) is 16.6 Å². The van der Waals surface area contributed by atoms with E-state index in [1.54, 1.807) is 12.1 Å². The number of carbonyl (C=O) groups is 1. The Morgan fingerprint density at radius 3 is 1.83 bits per heavy atom. The summed E-state index contributed by atoms with van der Waals surface area (Å²) in [5, 5.41) is 0. The number of aryl methyl sites for hydroxylation is 1. The number of piperidine rings is 1. The molecule has 0 saturated carbocycles. The van der Waals surface area contributed by atoms with Crippen molar-refractivity contribution in [3.63, 3.8) is 0 Å². The van der Waals surface area contributed by atoms with E-state index in [-0.39, 0.29) is 5.97 Å². The Morgan fingerprint density at radius 1 is 0.857 bits per heavy atom. The number of benzene rings is 2. The van der Waals surface area contributed by atoms with Crippen molar-refractivity contribution < 1.29 is 35.9 Å². The quantitative estimate of drug-likeness (QED) is 0.318. The van der Waals surface area contributed by atoms with Gasteiger partial charge in [0, 0.05) is 13.5 Å². The summed E-state index contributed by atoms with van der Waals surface area (Å²) in [5.41, 5.74) is 0.786. The third-order valence-corrected chi connectivity index (χ3v) is 5.28. The number of esters is 1. The maximum atomic E-state index is 12.9. The van der Waals surface area contributed by atoms with Gasteiger partial charge in [0.2, 0.25) is 0 Å². The number of alkyl halides is 6. The minimum atomic E-state index is -4.25. The molecular formula is C26H33F6NO2. The van der Waals surface area contributed by atoms with Gasteiger partial charge < -0.3 is 4.74 Å². The summed E-state index contributed by atoms with van der Waals surface area (Å²) < 4.78 is 78.0. The molecule has 0 unspecified atom stereocenters. The molecule has 3 nitrogen and oxygen atoms in total. The maximum absolute atomic E-state index is 12.9. The van der Waals surface area contributed by atoms with Crippen molar-refractivity contribution in [3.05, 3.63) is 70.8 Å². The predicted molar refractivity (Wildman–Crippen MR) is 124 cm³/mol. The fourth-order valence-corrected chi connectivity index (χ4v) is 3.45. The standard InChI is InChI=1S/C16H22F3N.C7H5F3.C3H6O2/c1-2-6-13-7-8-15(16(17,18)19)11-14(13)12-20-9-4-3-5-10-20;8-7(9,10)6-4-2-1-3-5-6;1-3(4)5-2/h7-8,11H,2-6,9-10,12H2,1H3;1-5H;1-2H3. The van der Waals surface area contributed by atoms with Crippen LogP contribution in [-0.2, 0) is 34.8 Å². The molecule has 1 aliphatic heterocycles. The van der Waals surface area contributed by atoms with Crippen LogP contribution in [0.25, 0.3) is 0 Å². The first-order valence-corrected chi connectivity index (χ1v) is 11.5. The highest BCUT2D eigenvalue weighted by Crippen LogP contribution is 2.31. The van der Waals surface area contributed by atoms with E-state index in [0.717, 1.165) is 62.0 Å². The van der Waals surface area contributed by atoms with Crippen LogP contribution in [0.2, 0.25) is 0 Å². The molecule has 1 saturated heterocycles. The summed E-state index contributed by atoms with van der Waals surface area (Å²) >= 11 is 0. The molecule has 1 fully saturated rings. The molecular weight excluding hydrogens is 472 g/mol. The van der Waals surface area contributed by atoms with Crippen molar-refractivity contribution in [2.75, 3.05) is 20.2 Å². The van der Waals surface area contributed by atoms with E-state index in [1.807, 2.05) is 0 Å². The number of nitrogens with zero attached hydrogens (tertiary/aromatic N) is 1. The number of hydrogen-bond donors (Lipinski definition) is 0. The molecule has 2 aromatic rings. The number of rotatable bonds is 4. The van der Waals surface area contributed by atoms with E-state index in [1.165, 1.54) is 44.7 Å². The van der Waals surface area contributed by atoms with Gasteiger partial charge in [-0.1, -0.05) is 56.2 Å². The number of carbonyl (C=O) groups excluding carboxylic acids is 1. The molecule has 0 bridgehead atoms. The number of methoxy groups -OCH3 is 1. The minimum Gasteiger partial charge on any atom is -0.469 e. The first-order chi connectivity index (χ1) is 16.4. The second-order valence-corrected chi connectivity index (χ2v) is 8.13. The summed E-state index contributed by atoms with van der Waals surface area (Å²) in [5.74, 6) is -0.245. The lowest BCUT2D eigenvalue weighted by Gasteiger charge is -2.27. The Bertz CT molecular complexity index is 876. The zero-order valence-corrected chi connectivity index (χ0v) is 20.3. The van der Waals surface area contributed by atoms with Crippen molar-refractivity contribution in [1.82, 2.24) is 4.90 Å². The fourth-order valence-electron chi connectivity index (χ4n) is 3.45. The number of hydrogen-bond acceptors (Lipinski definition) is 3. The van der Waals surface area contributed by atoms with Crippen molar-refractivity contribution in [1.29, 1.82) is 0 Å². The third kappa shape index (κ3) is 12.1. The maximum Gasteiger partial charge on any atom is 0.416 e. The van der Waals surface area contributed by atoms with Crippen LogP contribution >= 0.6 is 0 Å². The Kier molecular flexibility index (Phi) is 12.9. The van der Waals surface area contributed by atoms with Crippen LogP contribution in [0.1, 0.15) is 61.8 Å². The zero-order chi connectivity index (χ0) is 26.5. The van der Waals surface area contributed by atoms with Crippen LogP contribution in [0.4, 0.5) is 26.3 Å². The van der Waals surface area contributed by atoms with Crippen molar-refractivity contribution in [2.45, 2.75) is 64.8 Å². The topological polar surface area (TPSA) is 29.5 Å². The SMILES string of the molecule is CCCc1ccc(C(F)(F)F)cc1CN1CCCCC1.COC(C)=O.FC(F)(F)c1ccccc1. The van der Waals surface area contributed by atoms with E-state index >= 15 is 0 Å². The van der Waals surface area contributed by atoms with Gasteiger partial charge in [-0.25, -0.2) is 0 Å². The Balaban J connectivity index is 0.000000338. The highest BCUT2D eigenvalue weighted by Gasteiger charge is 2.31. The molecule has 35 heavy (non-hydrogen) atoms. The van der Waals surface area contributed by atoms with Gasteiger partial charge in [0.25, 0.3) is 0 Å².